The van der Waals surface area contributed by atoms with Crippen LogP contribution in [0.25, 0.3) is 0 Å². The number of carbonyl (C=O) groups is 1. The number of aliphatic hydroxyl groups is 1. The van der Waals surface area contributed by atoms with Gasteiger partial charge in [-0.05, 0) is 18.6 Å². The topological polar surface area (TPSA) is 66.8 Å². The summed E-state index contributed by atoms with van der Waals surface area (Å²) in [7, 11) is 1.66. The molecule has 1 unspecified atom stereocenters. The van der Waals surface area contributed by atoms with Crippen LogP contribution in [0, 0.1) is 0 Å². The highest BCUT2D eigenvalue weighted by atomic mass is 16.5. The van der Waals surface area contributed by atoms with Crippen molar-refractivity contribution in [2.24, 2.45) is 0 Å². The largest absolute Gasteiger partial charge is 0.497 e. The van der Waals surface area contributed by atoms with Crippen molar-refractivity contribution >= 4 is 5.97 Å². The van der Waals surface area contributed by atoms with Crippen LogP contribution in [-0.4, -0.2) is 29.4 Å². The van der Waals surface area contributed by atoms with Crippen molar-refractivity contribution in [2.75, 3.05) is 7.11 Å². The van der Waals surface area contributed by atoms with Gasteiger partial charge in [0.15, 0.2) is 6.10 Å². The molecular formula is C11H16O4. The molecule has 4 nitrogen and oxygen atoms in total. The molecule has 0 radical (unpaired) electrons. The van der Waals surface area contributed by atoms with E-state index in [2.05, 4.69) is 0 Å². The van der Waals surface area contributed by atoms with Crippen LogP contribution in [0.2, 0.25) is 0 Å². The van der Waals surface area contributed by atoms with E-state index in [9.17, 15) is 4.79 Å². The molecule has 0 aliphatic heterocycles. The zero-order chi connectivity index (χ0) is 11.7. The number of methoxy groups -OCH3 is 1. The summed E-state index contributed by atoms with van der Waals surface area (Å²) in [6, 6.07) is 9.68. The van der Waals surface area contributed by atoms with Gasteiger partial charge < -0.3 is 14.9 Å². The lowest BCUT2D eigenvalue weighted by Gasteiger charge is -1.95. The first-order valence-electron chi connectivity index (χ1n) is 4.61. The third-order valence-corrected chi connectivity index (χ3v) is 1.65. The Morgan fingerprint density at radius 2 is 1.93 bits per heavy atom. The second-order valence-electron chi connectivity index (χ2n) is 2.78. The second-order valence-corrected chi connectivity index (χ2v) is 2.78. The number of rotatable bonds is 3. The molecule has 0 bridgehead atoms. The van der Waals surface area contributed by atoms with Crippen molar-refractivity contribution in [3.05, 3.63) is 30.3 Å². The predicted octanol–water partition coefficient (Wildman–Crippen LogP) is 1.54. The maximum absolute atomic E-state index is 9.68. The zero-order valence-electron chi connectivity index (χ0n) is 8.88. The molecule has 0 aromatic heterocycles. The van der Waals surface area contributed by atoms with E-state index in [0.717, 1.165) is 5.75 Å². The first-order valence-corrected chi connectivity index (χ1v) is 4.61. The molecule has 0 heterocycles. The molecule has 0 aliphatic rings. The number of aliphatic hydroxyl groups excluding tert-OH is 1. The Morgan fingerprint density at radius 1 is 1.40 bits per heavy atom. The Morgan fingerprint density at radius 3 is 2.13 bits per heavy atom. The SMILES string of the molecule is CCC(O)C(=O)O.COc1ccccc1. The number of para-hydroxylation sites is 1. The van der Waals surface area contributed by atoms with Gasteiger partial charge in [-0.25, -0.2) is 4.79 Å². The molecule has 0 fully saturated rings. The highest BCUT2D eigenvalue weighted by Gasteiger charge is 2.07. The van der Waals surface area contributed by atoms with E-state index in [1.54, 1.807) is 14.0 Å². The van der Waals surface area contributed by atoms with E-state index in [1.807, 2.05) is 30.3 Å². The summed E-state index contributed by atoms with van der Waals surface area (Å²) in [5.74, 6) is -0.241. The molecule has 2 N–H and O–H groups in total. The molecule has 0 spiro atoms. The Labute approximate surface area is 89.1 Å². The average Bonchev–Trinajstić information content (AvgIpc) is 2.29. The average molecular weight is 212 g/mol. The Kier molecular flexibility index (Phi) is 7.01. The molecule has 1 atom stereocenters. The summed E-state index contributed by atoms with van der Waals surface area (Å²) in [5.41, 5.74) is 0. The number of benzene rings is 1. The molecule has 15 heavy (non-hydrogen) atoms. The molecule has 1 aromatic carbocycles. The summed E-state index contributed by atoms with van der Waals surface area (Å²) >= 11 is 0. The number of carboxylic acids is 1. The van der Waals surface area contributed by atoms with Crippen molar-refractivity contribution in [3.63, 3.8) is 0 Å². The van der Waals surface area contributed by atoms with Gasteiger partial charge in [-0.1, -0.05) is 25.1 Å². The van der Waals surface area contributed by atoms with Crippen LogP contribution < -0.4 is 4.74 Å². The van der Waals surface area contributed by atoms with E-state index in [0.29, 0.717) is 0 Å². The van der Waals surface area contributed by atoms with E-state index in [4.69, 9.17) is 14.9 Å². The Balaban J connectivity index is 0.000000265. The van der Waals surface area contributed by atoms with Gasteiger partial charge in [0, 0.05) is 0 Å². The fourth-order valence-electron chi connectivity index (χ4n) is 0.731. The summed E-state index contributed by atoms with van der Waals surface area (Å²) in [4.78, 5) is 9.68. The number of aliphatic carboxylic acids is 1. The second kappa shape index (κ2) is 7.82. The predicted molar refractivity (Wildman–Crippen MR) is 56.9 cm³/mol. The van der Waals surface area contributed by atoms with E-state index < -0.39 is 12.1 Å². The number of carboxylic acid groups (broad SMARTS) is 1. The van der Waals surface area contributed by atoms with Crippen LogP contribution >= 0.6 is 0 Å². The van der Waals surface area contributed by atoms with Crippen LogP contribution in [0.1, 0.15) is 13.3 Å². The van der Waals surface area contributed by atoms with Crippen LogP contribution in [0.5, 0.6) is 5.75 Å². The van der Waals surface area contributed by atoms with Gasteiger partial charge in [-0.15, -0.1) is 0 Å². The molecule has 1 aromatic rings. The van der Waals surface area contributed by atoms with E-state index in [-0.39, 0.29) is 6.42 Å². The molecule has 0 saturated carbocycles. The molecule has 0 saturated heterocycles. The van der Waals surface area contributed by atoms with Gasteiger partial charge in [0.05, 0.1) is 7.11 Å². The minimum absolute atomic E-state index is 0.273. The van der Waals surface area contributed by atoms with Crippen LogP contribution in [0.4, 0.5) is 0 Å². The summed E-state index contributed by atoms with van der Waals surface area (Å²) in [5, 5.41) is 16.3. The molecule has 84 valence electrons. The standard InChI is InChI=1S/C7H8O.C4H8O3/c1-8-7-5-3-2-4-6-7;1-2-3(5)4(6)7/h2-6H,1H3;3,5H,2H2,1H3,(H,6,7). The quantitative estimate of drug-likeness (QED) is 0.797. The van der Waals surface area contributed by atoms with Crippen LogP contribution in [-0.2, 0) is 4.79 Å². The molecule has 4 heteroatoms. The normalized spacial score (nSPS) is 10.9. The maximum Gasteiger partial charge on any atom is 0.332 e. The van der Waals surface area contributed by atoms with Crippen LogP contribution in [0.3, 0.4) is 0 Å². The van der Waals surface area contributed by atoms with Crippen LogP contribution in [0.15, 0.2) is 30.3 Å². The fourth-order valence-corrected chi connectivity index (χ4v) is 0.731. The summed E-state index contributed by atoms with van der Waals surface area (Å²) < 4.78 is 4.91. The Hall–Kier alpha value is -1.55. The van der Waals surface area contributed by atoms with Crippen molar-refractivity contribution in [1.82, 2.24) is 0 Å². The maximum atomic E-state index is 9.68. The van der Waals surface area contributed by atoms with Crippen molar-refractivity contribution in [3.8, 4) is 5.75 Å². The molecular weight excluding hydrogens is 196 g/mol. The lowest BCUT2D eigenvalue weighted by Crippen LogP contribution is -2.17. The smallest absolute Gasteiger partial charge is 0.332 e. The number of ether oxygens (including phenoxy) is 1. The van der Waals surface area contributed by atoms with E-state index >= 15 is 0 Å². The van der Waals surface area contributed by atoms with Gasteiger partial charge >= 0.3 is 5.97 Å². The highest BCUT2D eigenvalue weighted by Crippen LogP contribution is 2.05. The first-order chi connectivity index (χ1) is 7.11. The van der Waals surface area contributed by atoms with Crippen molar-refractivity contribution in [1.29, 1.82) is 0 Å². The fraction of sp³-hybridized carbons (Fsp3) is 0.364. The van der Waals surface area contributed by atoms with Gasteiger partial charge in [0.25, 0.3) is 0 Å². The van der Waals surface area contributed by atoms with Gasteiger partial charge in [0.2, 0.25) is 0 Å². The zero-order valence-corrected chi connectivity index (χ0v) is 8.88. The minimum Gasteiger partial charge on any atom is -0.497 e. The third-order valence-electron chi connectivity index (χ3n) is 1.65. The Bertz CT molecular complexity index is 271. The van der Waals surface area contributed by atoms with Crippen molar-refractivity contribution < 1.29 is 19.7 Å². The summed E-state index contributed by atoms with van der Waals surface area (Å²) in [6.45, 7) is 1.61. The van der Waals surface area contributed by atoms with Crippen molar-refractivity contribution in [2.45, 2.75) is 19.4 Å². The highest BCUT2D eigenvalue weighted by molar-refractivity contribution is 5.71. The van der Waals surface area contributed by atoms with E-state index in [1.165, 1.54) is 0 Å². The number of hydrogen-bond acceptors (Lipinski definition) is 3. The molecule has 0 aliphatic carbocycles. The van der Waals surface area contributed by atoms with Gasteiger partial charge in [0.1, 0.15) is 5.75 Å². The third kappa shape index (κ3) is 6.51. The minimum atomic E-state index is -1.18. The molecule has 1 rings (SSSR count). The lowest BCUT2D eigenvalue weighted by molar-refractivity contribution is -0.146. The monoisotopic (exact) mass is 212 g/mol. The lowest BCUT2D eigenvalue weighted by atomic mass is 10.3. The van der Waals surface area contributed by atoms with Gasteiger partial charge in [-0.3, -0.25) is 0 Å². The first kappa shape index (κ1) is 13.4. The molecule has 0 amide bonds. The number of hydrogen-bond donors (Lipinski definition) is 2. The summed E-state index contributed by atoms with van der Waals surface area (Å²) in [6.07, 6.45) is -0.907. The van der Waals surface area contributed by atoms with Gasteiger partial charge in [-0.2, -0.15) is 0 Å².